The van der Waals surface area contributed by atoms with Crippen molar-refractivity contribution in [2.45, 2.75) is 46.2 Å². The van der Waals surface area contributed by atoms with Crippen LogP contribution < -0.4 is 20.3 Å². The van der Waals surface area contributed by atoms with Crippen LogP contribution in [-0.4, -0.2) is 37.7 Å². The summed E-state index contributed by atoms with van der Waals surface area (Å²) in [5.74, 6) is 3.28. The van der Waals surface area contributed by atoms with Crippen LogP contribution in [0.5, 0.6) is 5.75 Å². The van der Waals surface area contributed by atoms with Gasteiger partial charge >= 0.3 is 0 Å². The predicted octanol–water partition coefficient (Wildman–Crippen LogP) is 4.76. The number of hydrogen-bond acceptors (Lipinski definition) is 4. The van der Waals surface area contributed by atoms with Gasteiger partial charge in [-0.1, -0.05) is 26.0 Å². The molecule has 1 aromatic heterocycles. The predicted molar refractivity (Wildman–Crippen MR) is 140 cm³/mol. The molecule has 0 amide bonds. The second-order valence-electron chi connectivity index (χ2n) is 8.28. The van der Waals surface area contributed by atoms with Crippen LogP contribution in [0.4, 0.5) is 5.82 Å². The highest BCUT2D eigenvalue weighted by Crippen LogP contribution is 2.19. The van der Waals surface area contributed by atoms with Crippen molar-refractivity contribution < 1.29 is 4.74 Å². The fourth-order valence-electron chi connectivity index (χ4n) is 3.47. The van der Waals surface area contributed by atoms with Crippen LogP contribution in [0.15, 0.2) is 47.6 Å². The Balaban J connectivity index is 0.00000341. The number of pyridine rings is 1. The molecular formula is C24H36IN5O. The number of nitrogens with zero attached hydrogens (tertiary/aromatic N) is 3. The maximum atomic E-state index is 5.77. The molecule has 3 rings (SSSR count). The summed E-state index contributed by atoms with van der Waals surface area (Å²) in [4.78, 5) is 11.3. The van der Waals surface area contributed by atoms with E-state index in [1.807, 2.05) is 18.3 Å². The lowest BCUT2D eigenvalue weighted by atomic mass is 10.1. The summed E-state index contributed by atoms with van der Waals surface area (Å²) in [6, 6.07) is 12.6. The van der Waals surface area contributed by atoms with E-state index < -0.39 is 0 Å². The number of nitrogens with one attached hydrogen (secondary N) is 2. The van der Waals surface area contributed by atoms with Gasteiger partial charge in [-0.3, -0.25) is 4.99 Å². The average molecular weight is 537 g/mol. The maximum Gasteiger partial charge on any atom is 0.191 e. The Labute approximate surface area is 203 Å². The van der Waals surface area contributed by atoms with E-state index in [2.05, 4.69) is 70.5 Å². The van der Waals surface area contributed by atoms with Gasteiger partial charge in [0.15, 0.2) is 5.96 Å². The molecule has 1 fully saturated rings. The Bertz CT molecular complexity index is 819. The van der Waals surface area contributed by atoms with Gasteiger partial charge in [-0.15, -0.1) is 24.0 Å². The summed E-state index contributed by atoms with van der Waals surface area (Å²) >= 11 is 0. The van der Waals surface area contributed by atoms with Crippen LogP contribution in [0.3, 0.4) is 0 Å². The molecule has 6 nitrogen and oxygen atoms in total. The third kappa shape index (κ3) is 7.87. The van der Waals surface area contributed by atoms with E-state index in [1.165, 1.54) is 24.0 Å². The molecule has 1 aliphatic heterocycles. The molecule has 0 bridgehead atoms. The van der Waals surface area contributed by atoms with Gasteiger partial charge in [-0.2, -0.15) is 0 Å². The minimum absolute atomic E-state index is 0. The topological polar surface area (TPSA) is 61.8 Å². The first-order valence-electron chi connectivity index (χ1n) is 10.9. The molecule has 1 aliphatic rings. The van der Waals surface area contributed by atoms with Gasteiger partial charge in [-0.25, -0.2) is 4.98 Å². The Morgan fingerprint density at radius 2 is 1.84 bits per heavy atom. The minimum atomic E-state index is 0. The van der Waals surface area contributed by atoms with Gasteiger partial charge in [0.25, 0.3) is 0 Å². The molecule has 170 valence electrons. The standard InChI is InChI=1S/C24H35N5O.HI/c1-18(2)17-30-22-9-7-21(8-10-22)19(3)28-24(25-4)27-16-20-11-12-26-23(15-20)29-13-5-6-14-29;/h7-12,15,18-19H,5-6,13-14,16-17H2,1-4H3,(H2,25,27,28);1H. The molecule has 7 heteroatoms. The lowest BCUT2D eigenvalue weighted by molar-refractivity contribution is 0.271. The number of aromatic nitrogens is 1. The van der Waals surface area contributed by atoms with E-state index in [4.69, 9.17) is 4.74 Å². The molecule has 0 saturated carbocycles. The molecule has 2 heterocycles. The van der Waals surface area contributed by atoms with E-state index in [9.17, 15) is 0 Å². The normalized spacial score (nSPS) is 14.9. The molecule has 1 atom stereocenters. The van der Waals surface area contributed by atoms with Crippen molar-refractivity contribution in [3.05, 3.63) is 53.7 Å². The fraction of sp³-hybridized carbons (Fsp3) is 0.500. The Kier molecular flexibility index (Phi) is 10.4. The van der Waals surface area contributed by atoms with Crippen molar-refractivity contribution in [2.75, 3.05) is 31.6 Å². The molecular weight excluding hydrogens is 501 g/mol. The molecule has 1 unspecified atom stereocenters. The summed E-state index contributed by atoms with van der Waals surface area (Å²) in [5.41, 5.74) is 2.39. The quantitative estimate of drug-likeness (QED) is 0.289. The lowest BCUT2D eigenvalue weighted by Gasteiger charge is -2.20. The van der Waals surface area contributed by atoms with Crippen molar-refractivity contribution in [3.8, 4) is 5.75 Å². The Hall–Kier alpha value is -2.03. The van der Waals surface area contributed by atoms with Crippen LogP contribution >= 0.6 is 24.0 Å². The highest BCUT2D eigenvalue weighted by molar-refractivity contribution is 14.0. The number of guanidine groups is 1. The van der Waals surface area contributed by atoms with E-state index in [0.717, 1.165) is 37.2 Å². The second-order valence-corrected chi connectivity index (χ2v) is 8.28. The molecule has 31 heavy (non-hydrogen) atoms. The molecule has 0 aliphatic carbocycles. The first-order chi connectivity index (χ1) is 14.5. The van der Waals surface area contributed by atoms with Crippen molar-refractivity contribution in [2.24, 2.45) is 10.9 Å². The zero-order chi connectivity index (χ0) is 21.3. The number of aliphatic imine (C=N–C) groups is 1. The van der Waals surface area contributed by atoms with E-state index >= 15 is 0 Å². The third-order valence-electron chi connectivity index (χ3n) is 5.24. The van der Waals surface area contributed by atoms with Gasteiger partial charge in [0, 0.05) is 32.9 Å². The van der Waals surface area contributed by atoms with Gasteiger partial charge in [0.1, 0.15) is 11.6 Å². The highest BCUT2D eigenvalue weighted by atomic mass is 127. The zero-order valence-corrected chi connectivity index (χ0v) is 21.4. The molecule has 2 N–H and O–H groups in total. The van der Waals surface area contributed by atoms with E-state index in [-0.39, 0.29) is 30.0 Å². The van der Waals surface area contributed by atoms with Gasteiger partial charge in [0.05, 0.1) is 12.6 Å². The van der Waals surface area contributed by atoms with Crippen molar-refractivity contribution in [1.82, 2.24) is 15.6 Å². The van der Waals surface area contributed by atoms with Crippen LogP contribution in [0.25, 0.3) is 0 Å². The summed E-state index contributed by atoms with van der Waals surface area (Å²) in [6.07, 6.45) is 4.40. The summed E-state index contributed by atoms with van der Waals surface area (Å²) < 4.78 is 5.77. The largest absolute Gasteiger partial charge is 0.493 e. The average Bonchev–Trinajstić information content (AvgIpc) is 3.30. The number of benzene rings is 1. The minimum Gasteiger partial charge on any atom is -0.493 e. The molecule has 0 spiro atoms. The Morgan fingerprint density at radius 3 is 2.48 bits per heavy atom. The first kappa shape index (κ1) is 25.2. The number of halogens is 1. The first-order valence-corrected chi connectivity index (χ1v) is 10.9. The zero-order valence-electron chi connectivity index (χ0n) is 19.1. The number of hydrogen-bond donors (Lipinski definition) is 2. The molecule has 1 aromatic carbocycles. The Morgan fingerprint density at radius 1 is 1.13 bits per heavy atom. The number of anilines is 1. The SMILES string of the molecule is CN=C(NCc1ccnc(N2CCCC2)c1)NC(C)c1ccc(OCC(C)C)cc1.I. The van der Waals surface area contributed by atoms with Crippen LogP contribution in [0.2, 0.25) is 0 Å². The van der Waals surface area contributed by atoms with Crippen molar-refractivity contribution in [1.29, 1.82) is 0 Å². The molecule has 2 aromatic rings. The molecule has 0 radical (unpaired) electrons. The van der Waals surface area contributed by atoms with Gasteiger partial charge in [-0.05, 0) is 61.1 Å². The third-order valence-corrected chi connectivity index (χ3v) is 5.24. The maximum absolute atomic E-state index is 5.77. The smallest absolute Gasteiger partial charge is 0.191 e. The second kappa shape index (κ2) is 12.7. The van der Waals surface area contributed by atoms with Gasteiger partial charge < -0.3 is 20.3 Å². The van der Waals surface area contributed by atoms with Gasteiger partial charge in [0.2, 0.25) is 0 Å². The lowest BCUT2D eigenvalue weighted by Crippen LogP contribution is -2.38. The van der Waals surface area contributed by atoms with E-state index in [0.29, 0.717) is 12.5 Å². The molecule has 1 saturated heterocycles. The van der Waals surface area contributed by atoms with Crippen molar-refractivity contribution in [3.63, 3.8) is 0 Å². The fourth-order valence-corrected chi connectivity index (χ4v) is 3.47. The van der Waals surface area contributed by atoms with E-state index in [1.54, 1.807) is 7.05 Å². The van der Waals surface area contributed by atoms with Crippen LogP contribution in [0.1, 0.15) is 50.8 Å². The number of rotatable bonds is 8. The monoisotopic (exact) mass is 537 g/mol. The highest BCUT2D eigenvalue weighted by Gasteiger charge is 2.14. The number of ether oxygens (including phenoxy) is 1. The summed E-state index contributed by atoms with van der Waals surface area (Å²) in [6.45, 7) is 10.1. The summed E-state index contributed by atoms with van der Waals surface area (Å²) in [5, 5.41) is 6.88. The van der Waals surface area contributed by atoms with Crippen molar-refractivity contribution >= 4 is 35.8 Å². The summed E-state index contributed by atoms with van der Waals surface area (Å²) in [7, 11) is 1.80. The van der Waals surface area contributed by atoms with Crippen LogP contribution in [0, 0.1) is 5.92 Å². The van der Waals surface area contributed by atoms with Crippen LogP contribution in [-0.2, 0) is 6.54 Å².